The summed E-state index contributed by atoms with van der Waals surface area (Å²) in [6.45, 7) is 1.24. The first-order valence-electron chi connectivity index (χ1n) is 7.84. The molecule has 0 unspecified atom stereocenters. The van der Waals surface area contributed by atoms with Crippen LogP contribution in [0.15, 0.2) is 42.0 Å². The van der Waals surface area contributed by atoms with Crippen LogP contribution in [0, 0.1) is 0 Å². The second-order valence-corrected chi connectivity index (χ2v) is 6.22. The summed E-state index contributed by atoms with van der Waals surface area (Å²) in [7, 11) is 0. The molecule has 0 saturated carbocycles. The van der Waals surface area contributed by atoms with Gasteiger partial charge < -0.3 is 9.47 Å². The van der Waals surface area contributed by atoms with E-state index in [1.165, 1.54) is 5.57 Å². The van der Waals surface area contributed by atoms with Gasteiger partial charge in [-0.15, -0.1) is 0 Å². The highest BCUT2D eigenvalue weighted by Gasteiger charge is 2.48. The molecule has 3 heteroatoms. The predicted octanol–water partition coefficient (Wildman–Crippen LogP) is 3.72. The minimum absolute atomic E-state index is 0.186. The zero-order valence-electron chi connectivity index (χ0n) is 12.2. The average Bonchev–Trinajstić information content (AvgIpc) is 3.16. The van der Waals surface area contributed by atoms with E-state index < -0.39 is 5.79 Å². The molecule has 1 spiro atoms. The van der Waals surface area contributed by atoms with Gasteiger partial charge in [0, 0.05) is 24.0 Å². The molecule has 1 aliphatic heterocycles. The number of hydrogen-bond acceptors (Lipinski definition) is 3. The van der Waals surface area contributed by atoms with Gasteiger partial charge in [-0.05, 0) is 28.3 Å². The SMILES string of the molecule is O=C1CC2=C(CCC23OCCO3)c2ccc3ccccc3c21. The highest BCUT2D eigenvalue weighted by Crippen LogP contribution is 2.51. The van der Waals surface area contributed by atoms with Gasteiger partial charge in [-0.1, -0.05) is 36.4 Å². The number of ketones is 1. The molecule has 0 bridgehead atoms. The number of allylic oxidation sites excluding steroid dienone is 1. The van der Waals surface area contributed by atoms with Crippen LogP contribution in [0.2, 0.25) is 0 Å². The molecule has 5 rings (SSSR count). The van der Waals surface area contributed by atoms with Gasteiger partial charge in [0.15, 0.2) is 11.6 Å². The lowest BCUT2D eigenvalue weighted by molar-refractivity contribution is -0.124. The van der Waals surface area contributed by atoms with E-state index in [-0.39, 0.29) is 5.78 Å². The maximum Gasteiger partial charge on any atom is 0.192 e. The van der Waals surface area contributed by atoms with E-state index in [0.717, 1.165) is 40.3 Å². The molecule has 110 valence electrons. The maximum atomic E-state index is 12.8. The summed E-state index contributed by atoms with van der Waals surface area (Å²) in [4.78, 5) is 12.8. The van der Waals surface area contributed by atoms with E-state index in [9.17, 15) is 4.79 Å². The second-order valence-electron chi connectivity index (χ2n) is 6.22. The van der Waals surface area contributed by atoms with E-state index in [1.807, 2.05) is 18.2 Å². The highest BCUT2D eigenvalue weighted by molar-refractivity contribution is 6.15. The number of rotatable bonds is 0. The van der Waals surface area contributed by atoms with Crippen molar-refractivity contribution in [1.82, 2.24) is 0 Å². The number of benzene rings is 2. The standard InChI is InChI=1S/C19H16O3/c20-17-11-16-14(7-8-19(16)21-9-10-22-19)15-6-5-12-3-1-2-4-13(12)18(15)17/h1-6H,7-11H2. The van der Waals surface area contributed by atoms with Gasteiger partial charge in [0.25, 0.3) is 0 Å². The molecule has 0 radical (unpaired) electrons. The summed E-state index contributed by atoms with van der Waals surface area (Å²) in [6, 6.07) is 12.3. The molecule has 0 aromatic heterocycles. The van der Waals surface area contributed by atoms with Gasteiger partial charge in [-0.2, -0.15) is 0 Å². The van der Waals surface area contributed by atoms with Crippen molar-refractivity contribution in [1.29, 1.82) is 0 Å². The first kappa shape index (κ1) is 12.6. The van der Waals surface area contributed by atoms with Crippen LogP contribution in [0.3, 0.4) is 0 Å². The van der Waals surface area contributed by atoms with Crippen molar-refractivity contribution < 1.29 is 14.3 Å². The van der Waals surface area contributed by atoms with Crippen LogP contribution in [-0.4, -0.2) is 24.8 Å². The second kappa shape index (κ2) is 4.28. The number of carbonyl (C=O) groups excluding carboxylic acids is 1. The molecule has 0 atom stereocenters. The molecule has 0 amide bonds. The van der Waals surface area contributed by atoms with Crippen LogP contribution in [0.25, 0.3) is 16.3 Å². The minimum Gasteiger partial charge on any atom is -0.344 e. The Kier molecular flexibility index (Phi) is 2.44. The third kappa shape index (κ3) is 1.50. The monoisotopic (exact) mass is 292 g/mol. The zero-order chi connectivity index (χ0) is 14.7. The molecule has 3 aliphatic rings. The fourth-order valence-corrected chi connectivity index (χ4v) is 4.21. The molecule has 1 heterocycles. The van der Waals surface area contributed by atoms with Crippen LogP contribution in [0.5, 0.6) is 0 Å². The van der Waals surface area contributed by atoms with Gasteiger partial charge in [0.05, 0.1) is 13.2 Å². The molecule has 2 aromatic carbocycles. The number of ether oxygens (including phenoxy) is 2. The van der Waals surface area contributed by atoms with Crippen molar-refractivity contribution in [3.05, 3.63) is 53.1 Å². The minimum atomic E-state index is -0.617. The highest BCUT2D eigenvalue weighted by atomic mass is 16.7. The third-order valence-corrected chi connectivity index (χ3v) is 5.15. The number of fused-ring (bicyclic) bond motifs is 5. The molecule has 1 saturated heterocycles. The maximum absolute atomic E-state index is 12.8. The first-order valence-corrected chi connectivity index (χ1v) is 7.84. The van der Waals surface area contributed by atoms with E-state index in [4.69, 9.17) is 9.47 Å². The Bertz CT molecular complexity index is 841. The molecule has 0 N–H and O–H groups in total. The Balaban J connectivity index is 1.78. The Morgan fingerprint density at radius 1 is 1.00 bits per heavy atom. The summed E-state index contributed by atoms with van der Waals surface area (Å²) >= 11 is 0. The summed E-state index contributed by atoms with van der Waals surface area (Å²) in [6.07, 6.45) is 2.18. The van der Waals surface area contributed by atoms with Gasteiger partial charge in [0.1, 0.15) is 0 Å². The fraction of sp³-hybridized carbons (Fsp3) is 0.316. The van der Waals surface area contributed by atoms with Gasteiger partial charge >= 0.3 is 0 Å². The molecular formula is C19H16O3. The van der Waals surface area contributed by atoms with Crippen molar-refractivity contribution in [2.24, 2.45) is 0 Å². The summed E-state index contributed by atoms with van der Waals surface area (Å²) < 4.78 is 11.8. The summed E-state index contributed by atoms with van der Waals surface area (Å²) in [5, 5.41) is 2.19. The van der Waals surface area contributed by atoms with Crippen LogP contribution in [-0.2, 0) is 9.47 Å². The van der Waals surface area contributed by atoms with Crippen LogP contribution in [0.4, 0.5) is 0 Å². The topological polar surface area (TPSA) is 35.5 Å². The Hall–Kier alpha value is -1.97. The van der Waals surface area contributed by atoms with Crippen LogP contribution in [0.1, 0.15) is 35.2 Å². The summed E-state index contributed by atoms with van der Waals surface area (Å²) in [5.41, 5.74) is 4.30. The molecule has 22 heavy (non-hydrogen) atoms. The molecule has 2 aromatic rings. The predicted molar refractivity (Wildman–Crippen MR) is 83.7 cm³/mol. The Morgan fingerprint density at radius 3 is 2.68 bits per heavy atom. The smallest absolute Gasteiger partial charge is 0.192 e. The largest absolute Gasteiger partial charge is 0.344 e. The number of Topliss-reactive ketones (excluding diaryl/α,β-unsaturated/α-hetero) is 1. The Labute approximate surface area is 128 Å². The zero-order valence-corrected chi connectivity index (χ0v) is 12.2. The summed E-state index contributed by atoms with van der Waals surface area (Å²) in [5.74, 6) is -0.431. The van der Waals surface area contributed by atoms with E-state index >= 15 is 0 Å². The van der Waals surface area contributed by atoms with E-state index in [1.54, 1.807) is 0 Å². The third-order valence-electron chi connectivity index (χ3n) is 5.15. The van der Waals surface area contributed by atoms with Gasteiger partial charge in [-0.3, -0.25) is 4.79 Å². The lowest BCUT2D eigenvalue weighted by Gasteiger charge is -2.28. The van der Waals surface area contributed by atoms with Crippen molar-refractivity contribution in [2.75, 3.05) is 13.2 Å². The van der Waals surface area contributed by atoms with Gasteiger partial charge in [-0.25, -0.2) is 0 Å². The average molecular weight is 292 g/mol. The lowest BCUT2D eigenvalue weighted by Crippen LogP contribution is -2.31. The van der Waals surface area contributed by atoms with E-state index in [0.29, 0.717) is 19.6 Å². The fourth-order valence-electron chi connectivity index (χ4n) is 4.21. The van der Waals surface area contributed by atoms with Crippen LogP contribution < -0.4 is 0 Å². The van der Waals surface area contributed by atoms with E-state index in [2.05, 4.69) is 18.2 Å². The van der Waals surface area contributed by atoms with Crippen molar-refractivity contribution >= 4 is 22.1 Å². The molecule has 1 fully saturated rings. The number of carbonyl (C=O) groups is 1. The molecule has 3 nitrogen and oxygen atoms in total. The quantitative estimate of drug-likeness (QED) is 0.742. The normalized spacial score (nSPS) is 22.5. The lowest BCUT2D eigenvalue weighted by atomic mass is 9.82. The van der Waals surface area contributed by atoms with Gasteiger partial charge in [0.2, 0.25) is 0 Å². The van der Waals surface area contributed by atoms with Crippen molar-refractivity contribution in [2.45, 2.75) is 25.0 Å². The van der Waals surface area contributed by atoms with Crippen LogP contribution >= 0.6 is 0 Å². The molecule has 2 aliphatic carbocycles. The number of hydrogen-bond donors (Lipinski definition) is 0. The van der Waals surface area contributed by atoms with Crippen molar-refractivity contribution in [3.63, 3.8) is 0 Å². The Morgan fingerprint density at radius 2 is 1.82 bits per heavy atom. The van der Waals surface area contributed by atoms with Crippen molar-refractivity contribution in [3.8, 4) is 0 Å². The molecular weight excluding hydrogens is 276 g/mol. The first-order chi connectivity index (χ1) is 10.8.